The van der Waals surface area contributed by atoms with Gasteiger partial charge in [-0.05, 0) is 26.8 Å². The lowest BCUT2D eigenvalue weighted by Gasteiger charge is -2.16. The van der Waals surface area contributed by atoms with Gasteiger partial charge in [0.2, 0.25) is 0 Å². The second kappa shape index (κ2) is 5.49. The summed E-state index contributed by atoms with van der Waals surface area (Å²) in [5.74, 6) is -0.0903. The predicted octanol–water partition coefficient (Wildman–Crippen LogP) is 2.88. The zero-order valence-electron chi connectivity index (χ0n) is 12.9. The van der Waals surface area contributed by atoms with Crippen LogP contribution >= 0.6 is 11.3 Å². The summed E-state index contributed by atoms with van der Waals surface area (Å²) in [5.41, 5.74) is 3.26. The van der Waals surface area contributed by atoms with Crippen LogP contribution in [0.1, 0.15) is 32.4 Å². The number of pyridine rings is 1. The number of thiazole rings is 1. The van der Waals surface area contributed by atoms with Crippen molar-refractivity contribution in [1.29, 1.82) is 0 Å². The molecule has 7 heteroatoms. The van der Waals surface area contributed by atoms with Crippen molar-refractivity contribution in [3.8, 4) is 0 Å². The molecular formula is C15H16N4O2S. The van der Waals surface area contributed by atoms with Crippen molar-refractivity contribution in [3.63, 3.8) is 0 Å². The summed E-state index contributed by atoms with van der Waals surface area (Å²) in [6.45, 7) is 6.06. The van der Waals surface area contributed by atoms with E-state index in [9.17, 15) is 4.79 Å². The first kappa shape index (κ1) is 14.6. The maximum absolute atomic E-state index is 12.8. The van der Waals surface area contributed by atoms with E-state index in [1.54, 1.807) is 29.4 Å². The summed E-state index contributed by atoms with van der Waals surface area (Å²) >= 11 is 1.58. The standard InChI is InChI=1S/C15H16N4O2S/c1-8-5-12(13-9(2)18-21-14(13)16-8)15(20)19(4)6-11-7-22-10(3)17-11/h5,7H,6H2,1-4H3. The van der Waals surface area contributed by atoms with Crippen molar-refractivity contribution in [2.24, 2.45) is 0 Å². The molecule has 0 aliphatic heterocycles. The normalized spacial score (nSPS) is 11.1. The Morgan fingerprint density at radius 3 is 2.77 bits per heavy atom. The lowest BCUT2D eigenvalue weighted by molar-refractivity contribution is 0.0785. The summed E-state index contributed by atoms with van der Waals surface area (Å²) < 4.78 is 5.18. The maximum atomic E-state index is 12.8. The number of amides is 1. The fraction of sp³-hybridized carbons (Fsp3) is 0.333. The predicted molar refractivity (Wildman–Crippen MR) is 83.9 cm³/mol. The molecule has 1 amide bonds. The quantitative estimate of drug-likeness (QED) is 0.743. The molecule has 3 rings (SSSR count). The number of carbonyl (C=O) groups is 1. The third kappa shape index (κ3) is 2.59. The average molecular weight is 316 g/mol. The van der Waals surface area contributed by atoms with Crippen molar-refractivity contribution < 1.29 is 9.32 Å². The van der Waals surface area contributed by atoms with Gasteiger partial charge in [-0.3, -0.25) is 4.79 Å². The molecule has 0 N–H and O–H groups in total. The van der Waals surface area contributed by atoms with Gasteiger partial charge in [0.15, 0.2) is 0 Å². The molecule has 0 fully saturated rings. The van der Waals surface area contributed by atoms with Crippen LogP contribution < -0.4 is 0 Å². The molecule has 22 heavy (non-hydrogen) atoms. The van der Waals surface area contributed by atoms with Crippen LogP contribution in [0, 0.1) is 20.8 Å². The summed E-state index contributed by atoms with van der Waals surface area (Å²) in [5, 5.41) is 7.55. The second-order valence-corrected chi connectivity index (χ2v) is 6.34. The minimum absolute atomic E-state index is 0.0903. The Hall–Kier alpha value is -2.28. The topological polar surface area (TPSA) is 72.1 Å². The fourth-order valence-electron chi connectivity index (χ4n) is 2.39. The first-order chi connectivity index (χ1) is 10.5. The van der Waals surface area contributed by atoms with Gasteiger partial charge in [0.25, 0.3) is 11.6 Å². The highest BCUT2D eigenvalue weighted by Crippen LogP contribution is 2.23. The largest absolute Gasteiger partial charge is 0.336 e. The third-order valence-electron chi connectivity index (χ3n) is 3.39. The van der Waals surface area contributed by atoms with E-state index in [1.807, 2.05) is 26.2 Å². The number of carbonyl (C=O) groups excluding carboxylic acids is 1. The molecule has 0 spiro atoms. The fourth-order valence-corrected chi connectivity index (χ4v) is 2.99. The molecule has 114 valence electrons. The SMILES string of the molecule is Cc1cc(C(=O)N(C)Cc2csc(C)n2)c2c(C)noc2n1. The van der Waals surface area contributed by atoms with Crippen LogP contribution in [-0.2, 0) is 6.54 Å². The molecule has 0 aromatic carbocycles. The molecule has 0 bridgehead atoms. The number of hydrogen-bond donors (Lipinski definition) is 0. The third-order valence-corrected chi connectivity index (χ3v) is 4.21. The molecule has 3 aromatic heterocycles. The first-order valence-electron chi connectivity index (χ1n) is 6.86. The number of hydrogen-bond acceptors (Lipinski definition) is 6. The van der Waals surface area contributed by atoms with Gasteiger partial charge >= 0.3 is 0 Å². The van der Waals surface area contributed by atoms with Crippen LogP contribution in [-0.4, -0.2) is 33.0 Å². The Balaban J connectivity index is 1.96. The highest BCUT2D eigenvalue weighted by atomic mass is 32.1. The minimum atomic E-state index is -0.0903. The van der Waals surface area contributed by atoms with E-state index in [0.29, 0.717) is 28.9 Å². The number of fused-ring (bicyclic) bond motifs is 1. The number of aromatic nitrogens is 3. The van der Waals surface area contributed by atoms with E-state index in [1.165, 1.54) is 0 Å². The van der Waals surface area contributed by atoms with Gasteiger partial charge in [0, 0.05) is 18.1 Å². The Bertz CT molecular complexity index is 852. The zero-order valence-corrected chi connectivity index (χ0v) is 13.7. The zero-order chi connectivity index (χ0) is 15.9. The second-order valence-electron chi connectivity index (χ2n) is 5.28. The van der Waals surface area contributed by atoms with Gasteiger partial charge in [-0.15, -0.1) is 11.3 Å². The Morgan fingerprint density at radius 2 is 2.09 bits per heavy atom. The van der Waals surface area contributed by atoms with E-state index in [2.05, 4.69) is 15.1 Å². The molecule has 0 saturated carbocycles. The monoisotopic (exact) mass is 316 g/mol. The van der Waals surface area contributed by atoms with E-state index in [-0.39, 0.29) is 5.91 Å². The molecule has 0 saturated heterocycles. The molecule has 0 atom stereocenters. The minimum Gasteiger partial charge on any atom is -0.336 e. The molecular weight excluding hydrogens is 300 g/mol. The molecule has 3 aromatic rings. The smallest absolute Gasteiger partial charge is 0.258 e. The highest BCUT2D eigenvalue weighted by molar-refractivity contribution is 7.09. The summed E-state index contributed by atoms with van der Waals surface area (Å²) in [7, 11) is 1.77. The van der Waals surface area contributed by atoms with Crippen LogP contribution in [0.2, 0.25) is 0 Å². The van der Waals surface area contributed by atoms with Crippen LogP contribution in [0.3, 0.4) is 0 Å². The van der Waals surface area contributed by atoms with Crippen molar-refractivity contribution >= 4 is 28.3 Å². The van der Waals surface area contributed by atoms with E-state index in [4.69, 9.17) is 4.52 Å². The van der Waals surface area contributed by atoms with Gasteiger partial charge in [-0.2, -0.15) is 0 Å². The van der Waals surface area contributed by atoms with Crippen LogP contribution in [0.5, 0.6) is 0 Å². The molecule has 3 heterocycles. The van der Waals surface area contributed by atoms with E-state index in [0.717, 1.165) is 16.4 Å². The molecule has 0 radical (unpaired) electrons. The molecule has 0 unspecified atom stereocenters. The van der Waals surface area contributed by atoms with Gasteiger partial charge < -0.3 is 9.42 Å². The average Bonchev–Trinajstić information content (AvgIpc) is 3.03. The van der Waals surface area contributed by atoms with Gasteiger partial charge in [0.05, 0.1) is 33.9 Å². The van der Waals surface area contributed by atoms with Crippen LogP contribution in [0.4, 0.5) is 0 Å². The Labute approximate surface area is 131 Å². The van der Waals surface area contributed by atoms with Gasteiger partial charge in [-0.25, -0.2) is 9.97 Å². The molecule has 0 aliphatic carbocycles. The number of aryl methyl sites for hydroxylation is 3. The van der Waals surface area contributed by atoms with Crippen molar-refractivity contribution in [2.75, 3.05) is 7.05 Å². The summed E-state index contributed by atoms with van der Waals surface area (Å²) in [6.07, 6.45) is 0. The number of nitrogens with zero attached hydrogens (tertiary/aromatic N) is 4. The van der Waals surface area contributed by atoms with Gasteiger partial charge in [-0.1, -0.05) is 5.16 Å². The maximum Gasteiger partial charge on any atom is 0.258 e. The lowest BCUT2D eigenvalue weighted by Crippen LogP contribution is -2.26. The van der Waals surface area contributed by atoms with Crippen molar-refractivity contribution in [3.05, 3.63) is 39.1 Å². The summed E-state index contributed by atoms with van der Waals surface area (Å²) in [4.78, 5) is 23.1. The van der Waals surface area contributed by atoms with Crippen LogP contribution in [0.25, 0.3) is 11.1 Å². The van der Waals surface area contributed by atoms with E-state index < -0.39 is 0 Å². The Morgan fingerprint density at radius 1 is 1.32 bits per heavy atom. The molecule has 0 aliphatic rings. The summed E-state index contributed by atoms with van der Waals surface area (Å²) in [6, 6.07) is 1.78. The van der Waals surface area contributed by atoms with Gasteiger partial charge in [0.1, 0.15) is 0 Å². The van der Waals surface area contributed by atoms with Crippen molar-refractivity contribution in [2.45, 2.75) is 27.3 Å². The first-order valence-corrected chi connectivity index (χ1v) is 7.73. The lowest BCUT2D eigenvalue weighted by atomic mass is 10.1. The van der Waals surface area contributed by atoms with Crippen LogP contribution in [0.15, 0.2) is 16.0 Å². The highest BCUT2D eigenvalue weighted by Gasteiger charge is 2.21. The number of rotatable bonds is 3. The van der Waals surface area contributed by atoms with Crippen molar-refractivity contribution in [1.82, 2.24) is 20.0 Å². The molecule has 6 nitrogen and oxygen atoms in total. The van der Waals surface area contributed by atoms with E-state index >= 15 is 0 Å². The Kier molecular flexibility index (Phi) is 3.66.